The molecule has 18 heavy (non-hydrogen) atoms. The monoisotopic (exact) mass is 246 g/mol. The van der Waals surface area contributed by atoms with Crippen LogP contribution >= 0.6 is 0 Å². The lowest BCUT2D eigenvalue weighted by Gasteiger charge is -2.19. The van der Waals surface area contributed by atoms with Gasteiger partial charge in [-0.05, 0) is 43.4 Å². The average Bonchev–Trinajstić information content (AvgIpc) is 2.92. The van der Waals surface area contributed by atoms with Crippen molar-refractivity contribution in [3.8, 4) is 0 Å². The number of rotatable bonds is 2. The molecule has 1 atom stereocenters. The molecule has 2 aliphatic heterocycles. The lowest BCUT2D eigenvalue weighted by molar-refractivity contribution is -0.124. The van der Waals surface area contributed by atoms with E-state index in [2.05, 4.69) is 16.7 Å². The minimum atomic E-state index is -0.269. The molecule has 96 valence electrons. The van der Waals surface area contributed by atoms with Gasteiger partial charge in [0, 0.05) is 24.5 Å². The van der Waals surface area contributed by atoms with Crippen LogP contribution in [0.15, 0.2) is 18.2 Å². The molecule has 0 saturated carbocycles. The summed E-state index contributed by atoms with van der Waals surface area (Å²) >= 11 is 0. The van der Waals surface area contributed by atoms with E-state index in [9.17, 15) is 4.79 Å². The highest BCUT2D eigenvalue weighted by atomic mass is 16.5. The van der Waals surface area contributed by atoms with Crippen molar-refractivity contribution < 1.29 is 9.53 Å². The summed E-state index contributed by atoms with van der Waals surface area (Å²) in [5.74, 6) is -0.0248. The molecule has 1 aromatic carbocycles. The number of hydrogen-bond donors (Lipinski definition) is 2. The van der Waals surface area contributed by atoms with Crippen LogP contribution in [0.3, 0.4) is 0 Å². The Bertz CT molecular complexity index is 453. The first-order chi connectivity index (χ1) is 8.83. The van der Waals surface area contributed by atoms with Crippen LogP contribution in [0.25, 0.3) is 0 Å². The Morgan fingerprint density at radius 1 is 1.39 bits per heavy atom. The third-order valence-electron chi connectivity index (χ3n) is 3.54. The second-order valence-corrected chi connectivity index (χ2v) is 4.89. The Labute approximate surface area is 107 Å². The fourth-order valence-corrected chi connectivity index (χ4v) is 2.55. The first kappa shape index (κ1) is 11.5. The number of carbonyl (C=O) groups excluding carboxylic acids is 1. The van der Waals surface area contributed by atoms with E-state index in [4.69, 9.17) is 4.74 Å². The first-order valence-corrected chi connectivity index (χ1v) is 6.62. The number of aryl methyl sites for hydroxylation is 1. The van der Waals surface area contributed by atoms with E-state index >= 15 is 0 Å². The minimum Gasteiger partial charge on any atom is -0.385 e. The SMILES string of the molecule is O=C(Nc1ccc2c(c1)NCCC2)[C@@H]1CCCO1. The topological polar surface area (TPSA) is 50.4 Å². The van der Waals surface area contributed by atoms with Crippen molar-refractivity contribution in [3.63, 3.8) is 0 Å². The Morgan fingerprint density at radius 2 is 2.33 bits per heavy atom. The predicted molar refractivity (Wildman–Crippen MR) is 70.9 cm³/mol. The molecule has 0 aromatic heterocycles. The fraction of sp³-hybridized carbons (Fsp3) is 0.500. The van der Waals surface area contributed by atoms with Crippen LogP contribution in [0.4, 0.5) is 11.4 Å². The van der Waals surface area contributed by atoms with Gasteiger partial charge in [0.1, 0.15) is 6.10 Å². The molecule has 0 unspecified atom stereocenters. The number of benzene rings is 1. The molecule has 0 spiro atoms. The number of hydrogen-bond acceptors (Lipinski definition) is 3. The second kappa shape index (κ2) is 4.98. The quantitative estimate of drug-likeness (QED) is 0.840. The molecular formula is C14H18N2O2. The van der Waals surface area contributed by atoms with Gasteiger partial charge in [-0.15, -0.1) is 0 Å². The van der Waals surface area contributed by atoms with Gasteiger partial charge in [-0.25, -0.2) is 0 Å². The first-order valence-electron chi connectivity index (χ1n) is 6.62. The van der Waals surface area contributed by atoms with Crippen LogP contribution in [-0.4, -0.2) is 25.2 Å². The molecule has 1 fully saturated rings. The molecule has 1 aromatic rings. The lowest BCUT2D eigenvalue weighted by atomic mass is 10.0. The molecule has 1 amide bonds. The van der Waals surface area contributed by atoms with E-state index in [1.165, 1.54) is 12.0 Å². The molecule has 0 bridgehead atoms. The third-order valence-corrected chi connectivity index (χ3v) is 3.54. The number of anilines is 2. The smallest absolute Gasteiger partial charge is 0.253 e. The van der Waals surface area contributed by atoms with Crippen molar-refractivity contribution >= 4 is 17.3 Å². The van der Waals surface area contributed by atoms with E-state index < -0.39 is 0 Å². The molecule has 1 saturated heterocycles. The normalized spacial score (nSPS) is 22.1. The fourth-order valence-electron chi connectivity index (χ4n) is 2.55. The van der Waals surface area contributed by atoms with E-state index in [0.29, 0.717) is 6.61 Å². The molecular weight excluding hydrogens is 228 g/mol. The molecule has 2 heterocycles. The molecule has 0 aliphatic carbocycles. The highest BCUT2D eigenvalue weighted by Gasteiger charge is 2.23. The van der Waals surface area contributed by atoms with Crippen molar-refractivity contribution in [2.75, 3.05) is 23.8 Å². The summed E-state index contributed by atoms with van der Waals surface area (Å²) in [6, 6.07) is 6.08. The highest BCUT2D eigenvalue weighted by molar-refractivity contribution is 5.94. The molecule has 2 N–H and O–H groups in total. The summed E-state index contributed by atoms with van der Waals surface area (Å²) in [5, 5.41) is 6.29. The van der Waals surface area contributed by atoms with Crippen LogP contribution < -0.4 is 10.6 Å². The predicted octanol–water partition coefficient (Wildman–Crippen LogP) is 2.16. The Morgan fingerprint density at radius 3 is 3.17 bits per heavy atom. The zero-order chi connectivity index (χ0) is 12.4. The van der Waals surface area contributed by atoms with E-state index in [1.807, 2.05) is 12.1 Å². The number of fused-ring (bicyclic) bond motifs is 1. The van der Waals surface area contributed by atoms with Gasteiger partial charge in [0.25, 0.3) is 5.91 Å². The number of carbonyl (C=O) groups is 1. The lowest BCUT2D eigenvalue weighted by Crippen LogP contribution is -2.27. The maximum Gasteiger partial charge on any atom is 0.253 e. The average molecular weight is 246 g/mol. The maximum absolute atomic E-state index is 11.9. The van der Waals surface area contributed by atoms with Gasteiger partial charge in [-0.3, -0.25) is 4.79 Å². The molecule has 4 nitrogen and oxygen atoms in total. The van der Waals surface area contributed by atoms with Crippen LogP contribution in [0.1, 0.15) is 24.8 Å². The molecule has 4 heteroatoms. The van der Waals surface area contributed by atoms with Crippen molar-refractivity contribution in [2.24, 2.45) is 0 Å². The Balaban J connectivity index is 1.70. The molecule has 3 rings (SSSR count). The van der Waals surface area contributed by atoms with Crippen molar-refractivity contribution in [1.29, 1.82) is 0 Å². The van der Waals surface area contributed by atoms with Gasteiger partial charge in [0.15, 0.2) is 0 Å². The maximum atomic E-state index is 11.9. The van der Waals surface area contributed by atoms with Crippen molar-refractivity contribution in [2.45, 2.75) is 31.8 Å². The zero-order valence-corrected chi connectivity index (χ0v) is 10.4. The summed E-state index contributed by atoms with van der Waals surface area (Å²) < 4.78 is 5.37. The Hall–Kier alpha value is -1.55. The zero-order valence-electron chi connectivity index (χ0n) is 10.4. The largest absolute Gasteiger partial charge is 0.385 e. The molecule has 2 aliphatic rings. The van der Waals surface area contributed by atoms with Gasteiger partial charge in [0.05, 0.1) is 0 Å². The van der Waals surface area contributed by atoms with Crippen molar-refractivity contribution in [3.05, 3.63) is 23.8 Å². The van der Waals surface area contributed by atoms with Crippen molar-refractivity contribution in [1.82, 2.24) is 0 Å². The summed E-state index contributed by atoms with van der Waals surface area (Å²) in [5.41, 5.74) is 3.33. The van der Waals surface area contributed by atoms with Gasteiger partial charge in [-0.1, -0.05) is 6.07 Å². The van der Waals surface area contributed by atoms with Gasteiger partial charge in [-0.2, -0.15) is 0 Å². The number of amides is 1. The van der Waals surface area contributed by atoms with Gasteiger partial charge < -0.3 is 15.4 Å². The standard InChI is InChI=1S/C14H18N2O2/c17-14(13-4-2-8-18-13)16-11-6-5-10-3-1-7-15-12(10)9-11/h5-6,9,13,15H,1-4,7-8H2,(H,16,17)/t13-/m0/s1. The van der Waals surface area contributed by atoms with Gasteiger partial charge in [0.2, 0.25) is 0 Å². The van der Waals surface area contributed by atoms with Crippen LogP contribution in [0.2, 0.25) is 0 Å². The van der Waals surface area contributed by atoms with E-state index in [0.717, 1.165) is 37.2 Å². The second-order valence-electron chi connectivity index (χ2n) is 4.89. The Kier molecular flexibility index (Phi) is 3.19. The van der Waals surface area contributed by atoms with Gasteiger partial charge >= 0.3 is 0 Å². The van der Waals surface area contributed by atoms with Crippen LogP contribution in [-0.2, 0) is 16.0 Å². The van der Waals surface area contributed by atoms with E-state index in [-0.39, 0.29) is 12.0 Å². The summed E-state index contributed by atoms with van der Waals surface area (Å²) in [6.45, 7) is 1.71. The highest BCUT2D eigenvalue weighted by Crippen LogP contribution is 2.25. The number of nitrogens with one attached hydrogen (secondary N) is 2. The van der Waals surface area contributed by atoms with Crippen LogP contribution in [0, 0.1) is 0 Å². The molecule has 0 radical (unpaired) electrons. The van der Waals surface area contributed by atoms with E-state index in [1.54, 1.807) is 0 Å². The number of ether oxygens (including phenoxy) is 1. The summed E-state index contributed by atoms with van der Waals surface area (Å²) in [6.07, 6.45) is 3.82. The summed E-state index contributed by atoms with van der Waals surface area (Å²) in [4.78, 5) is 11.9. The summed E-state index contributed by atoms with van der Waals surface area (Å²) in [7, 11) is 0. The van der Waals surface area contributed by atoms with Crippen LogP contribution in [0.5, 0.6) is 0 Å². The minimum absolute atomic E-state index is 0.0248. The third kappa shape index (κ3) is 2.34.